The highest BCUT2D eigenvalue weighted by Crippen LogP contribution is 2.03. The van der Waals surface area contributed by atoms with Crippen molar-refractivity contribution in [2.45, 2.75) is 13.8 Å². The minimum absolute atomic E-state index is 0.270. The Morgan fingerprint density at radius 3 is 2.85 bits per heavy atom. The SMILES string of the molecule is CC(C)COC(=O)n1ccc([O])n1. The Kier molecular flexibility index (Phi) is 2.89. The molecule has 0 aliphatic rings. The molecule has 0 aliphatic heterocycles. The molecule has 0 aliphatic carbocycles. The summed E-state index contributed by atoms with van der Waals surface area (Å²) in [5.74, 6) is -0.173. The number of carbonyl (C=O) groups excluding carboxylic acids is 1. The van der Waals surface area contributed by atoms with Crippen molar-refractivity contribution in [1.29, 1.82) is 0 Å². The highest BCUT2D eigenvalue weighted by molar-refractivity contribution is 5.69. The maximum absolute atomic E-state index is 11.1. The molecule has 1 heterocycles. The van der Waals surface area contributed by atoms with Crippen molar-refractivity contribution in [3.8, 4) is 5.88 Å². The number of nitrogens with zero attached hydrogens (tertiary/aromatic N) is 2. The Morgan fingerprint density at radius 1 is 1.69 bits per heavy atom. The lowest BCUT2D eigenvalue weighted by Crippen LogP contribution is -2.16. The summed E-state index contributed by atoms with van der Waals surface area (Å²) in [6.45, 7) is 4.18. The molecule has 13 heavy (non-hydrogen) atoms. The van der Waals surface area contributed by atoms with Gasteiger partial charge in [-0.1, -0.05) is 13.8 Å². The van der Waals surface area contributed by atoms with E-state index in [4.69, 9.17) is 4.74 Å². The fourth-order valence-electron chi connectivity index (χ4n) is 0.713. The summed E-state index contributed by atoms with van der Waals surface area (Å²) in [4.78, 5) is 11.1. The highest BCUT2D eigenvalue weighted by atomic mass is 16.6. The van der Waals surface area contributed by atoms with E-state index in [1.165, 1.54) is 12.3 Å². The summed E-state index contributed by atoms with van der Waals surface area (Å²) in [6.07, 6.45) is 0.668. The average Bonchev–Trinajstić information content (AvgIpc) is 2.47. The van der Waals surface area contributed by atoms with Crippen molar-refractivity contribution in [2.75, 3.05) is 6.61 Å². The molecule has 1 radical (unpaired) electrons. The van der Waals surface area contributed by atoms with Crippen LogP contribution in [0.15, 0.2) is 12.3 Å². The van der Waals surface area contributed by atoms with Gasteiger partial charge in [-0.05, 0) is 5.92 Å². The van der Waals surface area contributed by atoms with Crippen LogP contribution < -0.4 is 0 Å². The lowest BCUT2D eigenvalue weighted by molar-refractivity contribution is 0.130. The van der Waals surface area contributed by atoms with Crippen molar-refractivity contribution < 1.29 is 14.6 Å². The van der Waals surface area contributed by atoms with Gasteiger partial charge < -0.3 is 4.74 Å². The molecule has 0 saturated carbocycles. The van der Waals surface area contributed by atoms with Crippen molar-refractivity contribution >= 4 is 6.09 Å². The van der Waals surface area contributed by atoms with Crippen LogP contribution in [0.2, 0.25) is 0 Å². The van der Waals surface area contributed by atoms with E-state index in [-0.39, 0.29) is 5.92 Å². The summed E-state index contributed by atoms with van der Waals surface area (Å²) in [6, 6.07) is 1.20. The molecule has 0 atom stereocenters. The number of carbonyl (C=O) groups is 1. The van der Waals surface area contributed by atoms with Crippen LogP contribution in [0.4, 0.5) is 4.79 Å². The van der Waals surface area contributed by atoms with E-state index in [1.807, 2.05) is 13.8 Å². The Morgan fingerprint density at radius 2 is 2.38 bits per heavy atom. The molecule has 5 heteroatoms. The summed E-state index contributed by atoms with van der Waals surface area (Å²) in [7, 11) is 0. The van der Waals surface area contributed by atoms with Crippen LogP contribution in [-0.4, -0.2) is 22.5 Å². The van der Waals surface area contributed by atoms with Gasteiger partial charge in [-0.2, -0.15) is 4.68 Å². The topological polar surface area (TPSA) is 64.0 Å². The van der Waals surface area contributed by atoms with Gasteiger partial charge >= 0.3 is 6.09 Å². The molecule has 0 bridgehead atoms. The number of rotatable bonds is 2. The van der Waals surface area contributed by atoms with Crippen molar-refractivity contribution in [3.05, 3.63) is 12.3 Å². The van der Waals surface area contributed by atoms with E-state index in [0.717, 1.165) is 4.68 Å². The van der Waals surface area contributed by atoms with Gasteiger partial charge in [0, 0.05) is 12.3 Å². The van der Waals surface area contributed by atoms with Crippen LogP contribution in [0.1, 0.15) is 13.8 Å². The second-order valence-corrected chi connectivity index (χ2v) is 3.07. The lowest BCUT2D eigenvalue weighted by Gasteiger charge is -2.05. The lowest BCUT2D eigenvalue weighted by atomic mass is 10.2. The average molecular weight is 183 g/mol. The van der Waals surface area contributed by atoms with Gasteiger partial charge in [0.15, 0.2) is 0 Å². The molecule has 0 N–H and O–H groups in total. The molecular weight excluding hydrogens is 172 g/mol. The Labute approximate surface area is 75.9 Å². The van der Waals surface area contributed by atoms with E-state index >= 15 is 0 Å². The summed E-state index contributed by atoms with van der Waals surface area (Å²) in [5.41, 5.74) is 0. The third-order valence-corrected chi connectivity index (χ3v) is 1.29. The summed E-state index contributed by atoms with van der Waals surface area (Å²) >= 11 is 0. The molecule has 0 unspecified atom stereocenters. The van der Waals surface area contributed by atoms with E-state index in [1.54, 1.807) is 0 Å². The molecule has 0 spiro atoms. The molecule has 0 saturated heterocycles. The van der Waals surface area contributed by atoms with Gasteiger partial charge in [0.25, 0.3) is 5.88 Å². The van der Waals surface area contributed by atoms with Gasteiger partial charge in [-0.15, -0.1) is 5.10 Å². The van der Waals surface area contributed by atoms with Crippen LogP contribution in [0, 0.1) is 5.92 Å². The van der Waals surface area contributed by atoms with E-state index < -0.39 is 12.0 Å². The number of hydrogen-bond acceptors (Lipinski definition) is 3. The van der Waals surface area contributed by atoms with Gasteiger partial charge in [-0.25, -0.2) is 4.79 Å². The molecular formula is C8H11N2O3. The molecule has 0 fully saturated rings. The third-order valence-electron chi connectivity index (χ3n) is 1.29. The normalized spacial score (nSPS) is 10.4. The standard InChI is InChI=1S/C8H11N2O3/c1-6(2)5-13-8(12)10-4-3-7(11)9-10/h3-4,6H,5H2,1-2H3. The van der Waals surface area contributed by atoms with Crippen molar-refractivity contribution in [1.82, 2.24) is 9.78 Å². The molecule has 0 amide bonds. The Hall–Kier alpha value is -1.52. The molecule has 1 aromatic rings. The van der Waals surface area contributed by atoms with Crippen LogP contribution >= 0.6 is 0 Å². The van der Waals surface area contributed by atoms with Gasteiger partial charge in [-0.3, -0.25) is 5.11 Å². The number of hydrogen-bond donors (Lipinski definition) is 0. The maximum Gasteiger partial charge on any atom is 0.434 e. The van der Waals surface area contributed by atoms with E-state index in [0.29, 0.717) is 6.61 Å². The highest BCUT2D eigenvalue weighted by Gasteiger charge is 2.08. The van der Waals surface area contributed by atoms with Crippen LogP contribution in [0.3, 0.4) is 0 Å². The number of ether oxygens (including phenoxy) is 1. The smallest absolute Gasteiger partial charge is 0.434 e. The third kappa shape index (κ3) is 2.77. The monoisotopic (exact) mass is 183 g/mol. The second-order valence-electron chi connectivity index (χ2n) is 3.07. The fourth-order valence-corrected chi connectivity index (χ4v) is 0.713. The van der Waals surface area contributed by atoms with Crippen LogP contribution in [-0.2, 0) is 9.84 Å². The zero-order chi connectivity index (χ0) is 9.84. The predicted octanol–water partition coefficient (Wildman–Crippen LogP) is 1.67. The summed E-state index contributed by atoms with van der Waals surface area (Å²) < 4.78 is 5.72. The Bertz CT molecular complexity index is 293. The van der Waals surface area contributed by atoms with Gasteiger partial charge in [0.05, 0.1) is 6.61 Å². The zero-order valence-corrected chi connectivity index (χ0v) is 7.56. The van der Waals surface area contributed by atoms with Crippen molar-refractivity contribution in [2.24, 2.45) is 5.92 Å². The molecule has 1 rings (SSSR count). The van der Waals surface area contributed by atoms with Crippen LogP contribution in [0.25, 0.3) is 0 Å². The first-order valence-corrected chi connectivity index (χ1v) is 3.99. The Balaban J connectivity index is 2.49. The minimum Gasteiger partial charge on any atom is -0.448 e. The quantitative estimate of drug-likeness (QED) is 0.700. The summed E-state index contributed by atoms with van der Waals surface area (Å²) in [5, 5.41) is 14.0. The minimum atomic E-state index is -0.615. The van der Waals surface area contributed by atoms with E-state index in [9.17, 15) is 9.90 Å². The number of aromatic nitrogens is 2. The second kappa shape index (κ2) is 3.93. The molecule has 0 aromatic carbocycles. The first-order valence-electron chi connectivity index (χ1n) is 3.99. The predicted molar refractivity (Wildman–Crippen MR) is 43.9 cm³/mol. The first-order chi connectivity index (χ1) is 6.09. The van der Waals surface area contributed by atoms with Crippen molar-refractivity contribution in [3.63, 3.8) is 0 Å². The zero-order valence-electron chi connectivity index (χ0n) is 7.56. The molecule has 5 nitrogen and oxygen atoms in total. The van der Waals surface area contributed by atoms with E-state index in [2.05, 4.69) is 5.10 Å². The molecule has 1 aromatic heterocycles. The van der Waals surface area contributed by atoms with Gasteiger partial charge in [0.1, 0.15) is 0 Å². The first kappa shape index (κ1) is 9.57. The fraction of sp³-hybridized carbons (Fsp3) is 0.500. The largest absolute Gasteiger partial charge is 0.448 e. The van der Waals surface area contributed by atoms with Crippen LogP contribution in [0.5, 0.6) is 5.88 Å². The maximum atomic E-state index is 11.1. The van der Waals surface area contributed by atoms with Gasteiger partial charge in [0.2, 0.25) is 0 Å². The molecule has 71 valence electrons.